The molecule has 0 spiro atoms. The second-order valence-electron chi connectivity index (χ2n) is 11.5. The van der Waals surface area contributed by atoms with Crippen LogP contribution in [0.1, 0.15) is 37.1 Å². The third-order valence-corrected chi connectivity index (χ3v) is 10.4. The average molecular weight is 675 g/mol. The molecule has 248 valence electrons. The molecular formula is C32H30F4N4O6S. The Morgan fingerprint density at radius 3 is 2.51 bits per heavy atom. The van der Waals surface area contributed by atoms with Crippen LogP contribution < -0.4 is 19.1 Å². The van der Waals surface area contributed by atoms with Crippen molar-refractivity contribution >= 4 is 44.3 Å². The number of carbonyl (C=O) groups excluding carboxylic acids is 2. The van der Waals surface area contributed by atoms with E-state index in [0.717, 1.165) is 17.4 Å². The summed E-state index contributed by atoms with van der Waals surface area (Å²) in [6.07, 6.45) is -3.01. The summed E-state index contributed by atoms with van der Waals surface area (Å²) in [5, 5.41) is 2.32. The molecule has 0 bridgehead atoms. The molecule has 1 aliphatic carbocycles. The van der Waals surface area contributed by atoms with Crippen LogP contribution >= 0.6 is 0 Å². The van der Waals surface area contributed by atoms with Gasteiger partial charge in [0, 0.05) is 7.05 Å². The Hall–Kier alpha value is -4.66. The summed E-state index contributed by atoms with van der Waals surface area (Å²) in [6.45, 7) is 1.78. The first-order valence-corrected chi connectivity index (χ1v) is 16.3. The number of nitrogens with one attached hydrogen (secondary N) is 1. The van der Waals surface area contributed by atoms with Crippen LogP contribution in [-0.4, -0.2) is 43.0 Å². The first-order valence-electron chi connectivity index (χ1n) is 14.9. The molecule has 2 atom stereocenters. The van der Waals surface area contributed by atoms with Crippen molar-refractivity contribution in [2.24, 2.45) is 18.9 Å². The van der Waals surface area contributed by atoms with Crippen LogP contribution in [0, 0.1) is 24.6 Å². The van der Waals surface area contributed by atoms with Crippen LogP contribution in [0.25, 0.3) is 11.0 Å². The van der Waals surface area contributed by atoms with E-state index >= 15 is 0 Å². The number of anilines is 2. The Morgan fingerprint density at radius 2 is 1.79 bits per heavy atom. The van der Waals surface area contributed by atoms with Crippen LogP contribution in [-0.2, 0) is 32.8 Å². The van der Waals surface area contributed by atoms with E-state index in [9.17, 15) is 35.6 Å². The summed E-state index contributed by atoms with van der Waals surface area (Å²) >= 11 is 0. The monoisotopic (exact) mass is 674 g/mol. The van der Waals surface area contributed by atoms with E-state index in [1.54, 1.807) is 6.07 Å². The van der Waals surface area contributed by atoms with E-state index in [2.05, 4.69) is 10.3 Å². The Bertz CT molecular complexity index is 2000. The fourth-order valence-corrected chi connectivity index (χ4v) is 7.52. The first-order chi connectivity index (χ1) is 22.3. The van der Waals surface area contributed by atoms with Crippen molar-refractivity contribution in [3.63, 3.8) is 0 Å². The van der Waals surface area contributed by atoms with Crippen LogP contribution in [0.5, 0.6) is 11.5 Å². The summed E-state index contributed by atoms with van der Waals surface area (Å²) in [4.78, 5) is 31.1. The number of hydrogen-bond acceptors (Lipinski definition) is 7. The Balaban J connectivity index is 1.22. The number of para-hydroxylation sites is 1. The molecule has 1 N–H and O–H groups in total. The number of imidazole rings is 1. The van der Waals surface area contributed by atoms with E-state index in [4.69, 9.17) is 9.47 Å². The minimum Gasteiger partial charge on any atom is -0.486 e. The van der Waals surface area contributed by atoms with Crippen molar-refractivity contribution in [3.8, 4) is 11.5 Å². The van der Waals surface area contributed by atoms with Crippen LogP contribution in [0.4, 0.5) is 28.9 Å². The molecule has 0 saturated heterocycles. The normalized spacial score (nSPS) is 18.4. The highest BCUT2D eigenvalue weighted by Crippen LogP contribution is 2.43. The number of alkyl halides is 3. The lowest BCUT2D eigenvalue weighted by Crippen LogP contribution is -2.39. The molecule has 2 aliphatic rings. The van der Waals surface area contributed by atoms with Crippen molar-refractivity contribution < 1.29 is 45.0 Å². The number of hydrogen-bond donors (Lipinski definition) is 1. The van der Waals surface area contributed by atoms with Gasteiger partial charge in [-0.05, 0) is 68.3 Å². The van der Waals surface area contributed by atoms with Gasteiger partial charge in [-0.25, -0.2) is 17.8 Å². The number of halogens is 4. The Morgan fingerprint density at radius 1 is 1.04 bits per heavy atom. The molecule has 47 heavy (non-hydrogen) atoms. The van der Waals surface area contributed by atoms with Gasteiger partial charge in [0.2, 0.25) is 5.91 Å². The number of rotatable bonds is 6. The fraction of sp³-hybridized carbons (Fsp3) is 0.344. The minimum atomic E-state index is -4.75. The fourth-order valence-electron chi connectivity index (χ4n) is 6.04. The molecule has 4 aromatic rings. The standard InChI is InChI=1S/C32H30F4N4O6S/c1-18-37-25-17-20(11-13-26(25)39(18)2)47(43,44)40-14-15-45-29-27(40)8-5-9-28(29)46-31(42)22-7-4-3-6-21(22)30(41)38-24-12-10-19(16-23(24)33)32(34,35)36/h5,8-13,16-17,21-22H,3-4,6-7,14-15H2,1-2H3,(H,38,41)/t21-,22-/m0/s1. The molecule has 10 nitrogen and oxygen atoms in total. The first kappa shape index (κ1) is 32.3. The van der Waals surface area contributed by atoms with E-state index < -0.39 is 57.0 Å². The predicted molar refractivity (Wildman–Crippen MR) is 163 cm³/mol. The van der Waals surface area contributed by atoms with Crippen LogP contribution in [0.15, 0.2) is 59.5 Å². The van der Waals surface area contributed by atoms with Gasteiger partial charge in [-0.3, -0.25) is 13.9 Å². The molecule has 0 radical (unpaired) electrons. The number of sulfonamides is 1. The van der Waals surface area contributed by atoms with Crippen molar-refractivity contribution in [2.45, 2.75) is 43.7 Å². The zero-order valence-corrected chi connectivity index (χ0v) is 26.1. The maximum Gasteiger partial charge on any atom is 0.416 e. The molecular weight excluding hydrogens is 644 g/mol. The van der Waals surface area contributed by atoms with Crippen molar-refractivity contribution in [1.82, 2.24) is 9.55 Å². The van der Waals surface area contributed by atoms with E-state index in [-0.39, 0.29) is 48.1 Å². The van der Waals surface area contributed by atoms with Gasteiger partial charge in [0.05, 0.1) is 51.2 Å². The van der Waals surface area contributed by atoms with Crippen molar-refractivity contribution in [3.05, 3.63) is 71.8 Å². The van der Waals surface area contributed by atoms with E-state index in [1.165, 1.54) is 34.6 Å². The van der Waals surface area contributed by atoms with Gasteiger partial charge in [-0.1, -0.05) is 18.9 Å². The molecule has 1 aromatic heterocycles. The summed E-state index contributed by atoms with van der Waals surface area (Å²) in [5.74, 6) is -3.93. The van der Waals surface area contributed by atoms with Crippen molar-refractivity contribution in [1.29, 1.82) is 0 Å². The number of aryl methyl sites for hydroxylation is 2. The highest BCUT2D eigenvalue weighted by Gasteiger charge is 2.39. The maximum atomic E-state index is 14.5. The maximum absolute atomic E-state index is 14.5. The minimum absolute atomic E-state index is 0.00258. The quantitative estimate of drug-likeness (QED) is 0.152. The number of carbonyl (C=O) groups is 2. The molecule has 1 amide bonds. The van der Waals surface area contributed by atoms with Gasteiger partial charge < -0.3 is 19.4 Å². The van der Waals surface area contributed by atoms with Gasteiger partial charge in [-0.2, -0.15) is 13.2 Å². The Labute approximate surface area is 267 Å². The summed E-state index contributed by atoms with van der Waals surface area (Å²) in [5.41, 5.74) is -0.178. The molecule has 1 aliphatic heterocycles. The molecule has 1 saturated carbocycles. The second kappa shape index (κ2) is 12.2. The highest BCUT2D eigenvalue weighted by atomic mass is 32.2. The molecule has 2 heterocycles. The SMILES string of the molecule is Cc1nc2cc(S(=O)(=O)N3CCOc4c(OC(=O)[C@H]5CCCC[C@@H]5C(=O)Nc5ccc(C(F)(F)F)cc5F)cccc43)ccc2n1C. The Kier molecular flexibility index (Phi) is 8.36. The number of esters is 1. The lowest BCUT2D eigenvalue weighted by Gasteiger charge is -2.32. The zero-order valence-electron chi connectivity index (χ0n) is 25.3. The lowest BCUT2D eigenvalue weighted by molar-refractivity contribution is -0.145. The predicted octanol–water partition coefficient (Wildman–Crippen LogP) is 5.98. The lowest BCUT2D eigenvalue weighted by atomic mass is 9.78. The second-order valence-corrected chi connectivity index (χ2v) is 13.4. The van der Waals surface area contributed by atoms with Gasteiger partial charge in [0.15, 0.2) is 11.5 Å². The third kappa shape index (κ3) is 6.11. The smallest absolute Gasteiger partial charge is 0.416 e. The molecule has 6 rings (SSSR count). The number of nitrogens with zero attached hydrogens (tertiary/aromatic N) is 3. The largest absolute Gasteiger partial charge is 0.486 e. The molecule has 3 aromatic carbocycles. The van der Waals surface area contributed by atoms with Crippen molar-refractivity contribution in [2.75, 3.05) is 22.8 Å². The topological polar surface area (TPSA) is 120 Å². The number of aromatic nitrogens is 2. The summed E-state index contributed by atoms with van der Waals surface area (Å²) < 4.78 is 95.5. The third-order valence-electron chi connectivity index (χ3n) is 8.60. The highest BCUT2D eigenvalue weighted by molar-refractivity contribution is 7.92. The number of amides is 1. The summed E-state index contributed by atoms with van der Waals surface area (Å²) in [7, 11) is -2.25. The number of fused-ring (bicyclic) bond motifs is 2. The summed E-state index contributed by atoms with van der Waals surface area (Å²) in [6, 6.07) is 11.0. The van der Waals surface area contributed by atoms with E-state index in [0.29, 0.717) is 30.5 Å². The molecule has 1 fully saturated rings. The van der Waals surface area contributed by atoms with Crippen LogP contribution in [0.2, 0.25) is 0 Å². The van der Waals surface area contributed by atoms with E-state index in [1.807, 2.05) is 18.5 Å². The van der Waals surface area contributed by atoms with Gasteiger partial charge in [-0.15, -0.1) is 0 Å². The van der Waals surface area contributed by atoms with Gasteiger partial charge in [0.25, 0.3) is 10.0 Å². The number of ether oxygens (including phenoxy) is 2. The van der Waals surface area contributed by atoms with Crippen LogP contribution in [0.3, 0.4) is 0 Å². The van der Waals surface area contributed by atoms with Gasteiger partial charge in [0.1, 0.15) is 18.2 Å². The number of benzene rings is 3. The zero-order chi connectivity index (χ0) is 33.7. The molecule has 15 heteroatoms. The molecule has 0 unspecified atom stereocenters. The van der Waals surface area contributed by atoms with Gasteiger partial charge >= 0.3 is 12.1 Å². The average Bonchev–Trinajstić information content (AvgIpc) is 3.33.